The molecule has 0 heterocycles. The number of ether oxygens (including phenoxy) is 1. The molecule has 3 nitrogen and oxygen atoms in total. The van der Waals surface area contributed by atoms with E-state index >= 15 is 0 Å². The van der Waals surface area contributed by atoms with Crippen LogP contribution >= 0.6 is 0 Å². The van der Waals surface area contributed by atoms with Gasteiger partial charge in [0.1, 0.15) is 0 Å². The van der Waals surface area contributed by atoms with E-state index in [0.29, 0.717) is 31.6 Å². The third-order valence-electron chi connectivity index (χ3n) is 3.25. The number of hydrogen-bond donors (Lipinski definition) is 0. The summed E-state index contributed by atoms with van der Waals surface area (Å²) in [5.74, 6) is 0. The fourth-order valence-corrected chi connectivity index (χ4v) is 2.12. The summed E-state index contributed by atoms with van der Waals surface area (Å²) in [7, 11) is 3.34. The highest BCUT2D eigenvalue weighted by Crippen LogP contribution is 2.31. The van der Waals surface area contributed by atoms with Gasteiger partial charge in [0.25, 0.3) is 0 Å². The number of likely N-dealkylation sites (N-methyl/N-ethyl adjacent to an activating group) is 1. The maximum absolute atomic E-state index is 12.8. The summed E-state index contributed by atoms with van der Waals surface area (Å²) in [4.78, 5) is 1.91. The first-order valence-corrected chi connectivity index (χ1v) is 6.63. The maximum Gasteiger partial charge on any atom is 0.416 e. The lowest BCUT2D eigenvalue weighted by molar-refractivity contribution is -0.137. The molecule has 1 atom stereocenters. The summed E-state index contributed by atoms with van der Waals surface area (Å²) in [6, 6.07) is 7.08. The number of unbranched alkanes of at least 4 members (excludes halogenated alkanes) is 1. The Kier molecular flexibility index (Phi) is 6.66. The predicted octanol–water partition coefficient (Wildman–Crippen LogP) is 3.63. The molecule has 0 fully saturated rings. The molecule has 0 aromatic heterocycles. The largest absolute Gasteiger partial charge is 0.416 e. The topological polar surface area (TPSA) is 36.3 Å². The average Bonchev–Trinajstić information content (AvgIpc) is 2.44. The maximum atomic E-state index is 12.8. The van der Waals surface area contributed by atoms with Crippen molar-refractivity contribution >= 4 is 0 Å². The highest BCUT2D eigenvalue weighted by molar-refractivity contribution is 5.28. The SMILES string of the molecule is COC[C@H](c1cccc(C(F)(F)F)c1)N(C)CCCC#N. The van der Waals surface area contributed by atoms with Crippen LogP contribution in [-0.4, -0.2) is 32.2 Å². The van der Waals surface area contributed by atoms with E-state index < -0.39 is 11.7 Å². The standard InChI is InChI=1S/C15H19F3N2O/c1-20(9-4-3-8-19)14(11-21-2)12-6-5-7-13(10-12)15(16,17)18/h5-7,10,14H,3-4,9,11H2,1-2H3/t14-/m1/s1. The molecule has 6 heteroatoms. The molecule has 1 aromatic rings. The second-order valence-corrected chi connectivity index (χ2v) is 4.84. The molecule has 0 radical (unpaired) electrons. The zero-order valence-corrected chi connectivity index (χ0v) is 12.2. The Morgan fingerprint density at radius 3 is 2.67 bits per heavy atom. The van der Waals surface area contributed by atoms with Crippen LogP contribution in [-0.2, 0) is 10.9 Å². The van der Waals surface area contributed by atoms with Crippen LogP contribution in [0.1, 0.15) is 30.0 Å². The first-order chi connectivity index (χ1) is 9.90. The lowest BCUT2D eigenvalue weighted by Crippen LogP contribution is -2.29. The van der Waals surface area contributed by atoms with Crippen LogP contribution in [0.25, 0.3) is 0 Å². The van der Waals surface area contributed by atoms with Gasteiger partial charge in [-0.2, -0.15) is 18.4 Å². The van der Waals surface area contributed by atoms with Gasteiger partial charge in [-0.05, 0) is 37.7 Å². The normalized spacial score (nSPS) is 13.2. The van der Waals surface area contributed by atoms with Crippen molar-refractivity contribution in [3.63, 3.8) is 0 Å². The van der Waals surface area contributed by atoms with Crippen molar-refractivity contribution in [2.75, 3.05) is 27.3 Å². The van der Waals surface area contributed by atoms with Crippen molar-refractivity contribution in [2.24, 2.45) is 0 Å². The molecule has 0 aliphatic heterocycles. The number of alkyl halides is 3. The summed E-state index contributed by atoms with van der Waals surface area (Å²) >= 11 is 0. The minimum Gasteiger partial charge on any atom is -0.383 e. The molecule has 21 heavy (non-hydrogen) atoms. The van der Waals surface area contributed by atoms with Gasteiger partial charge in [-0.3, -0.25) is 4.90 Å². The monoisotopic (exact) mass is 300 g/mol. The molecule has 0 aliphatic carbocycles. The molecule has 0 aliphatic rings. The van der Waals surface area contributed by atoms with Crippen molar-refractivity contribution in [3.05, 3.63) is 35.4 Å². The van der Waals surface area contributed by atoms with Gasteiger partial charge in [-0.15, -0.1) is 0 Å². The van der Waals surface area contributed by atoms with Crippen LogP contribution in [0.5, 0.6) is 0 Å². The Morgan fingerprint density at radius 1 is 1.38 bits per heavy atom. The second kappa shape index (κ2) is 8.01. The van der Waals surface area contributed by atoms with E-state index in [-0.39, 0.29) is 6.04 Å². The lowest BCUT2D eigenvalue weighted by atomic mass is 10.0. The van der Waals surface area contributed by atoms with Gasteiger partial charge >= 0.3 is 6.18 Å². The van der Waals surface area contributed by atoms with Gasteiger partial charge in [0.2, 0.25) is 0 Å². The predicted molar refractivity (Wildman–Crippen MR) is 73.5 cm³/mol. The molecular formula is C15H19F3N2O. The van der Waals surface area contributed by atoms with Crippen LogP contribution < -0.4 is 0 Å². The zero-order valence-electron chi connectivity index (χ0n) is 12.2. The van der Waals surface area contributed by atoms with Crippen LogP contribution in [0.3, 0.4) is 0 Å². The van der Waals surface area contributed by atoms with Gasteiger partial charge in [0, 0.05) is 13.5 Å². The Morgan fingerprint density at radius 2 is 2.10 bits per heavy atom. The molecule has 0 saturated carbocycles. The zero-order chi connectivity index (χ0) is 15.9. The number of hydrogen-bond acceptors (Lipinski definition) is 3. The average molecular weight is 300 g/mol. The van der Waals surface area contributed by atoms with E-state index in [9.17, 15) is 13.2 Å². The first kappa shape index (κ1) is 17.5. The minimum atomic E-state index is -4.35. The van der Waals surface area contributed by atoms with Crippen LogP contribution in [0.4, 0.5) is 13.2 Å². The summed E-state index contributed by atoms with van der Waals surface area (Å²) < 4.78 is 43.5. The van der Waals surface area contributed by atoms with Gasteiger partial charge < -0.3 is 4.74 Å². The Labute approximate surface area is 122 Å². The van der Waals surface area contributed by atoms with Gasteiger partial charge in [0.05, 0.1) is 24.3 Å². The van der Waals surface area contributed by atoms with Gasteiger partial charge in [-0.25, -0.2) is 0 Å². The number of rotatable bonds is 7. The summed E-state index contributed by atoms with van der Waals surface area (Å²) in [6.45, 7) is 0.919. The summed E-state index contributed by atoms with van der Waals surface area (Å²) in [5, 5.41) is 8.55. The molecule has 116 valence electrons. The molecule has 0 N–H and O–H groups in total. The van der Waals surface area contributed by atoms with E-state index in [0.717, 1.165) is 12.1 Å². The molecular weight excluding hydrogens is 281 g/mol. The molecule has 1 rings (SSSR count). The van der Waals surface area contributed by atoms with Crippen molar-refractivity contribution in [2.45, 2.75) is 25.1 Å². The van der Waals surface area contributed by atoms with E-state index in [4.69, 9.17) is 10.00 Å². The Bertz CT molecular complexity index is 483. The molecule has 0 unspecified atom stereocenters. The number of nitriles is 1. The Hall–Kier alpha value is -1.58. The smallest absolute Gasteiger partial charge is 0.383 e. The summed E-state index contributed by atoms with van der Waals surface area (Å²) in [6.07, 6.45) is -3.26. The quantitative estimate of drug-likeness (QED) is 0.721. The fourth-order valence-electron chi connectivity index (χ4n) is 2.12. The number of benzene rings is 1. The molecule has 0 amide bonds. The van der Waals surface area contributed by atoms with Crippen LogP contribution in [0, 0.1) is 11.3 Å². The van der Waals surface area contributed by atoms with Gasteiger partial charge in [0.15, 0.2) is 0 Å². The summed E-state index contributed by atoms with van der Waals surface area (Å²) in [5.41, 5.74) is -0.0994. The van der Waals surface area contributed by atoms with Crippen LogP contribution in [0.2, 0.25) is 0 Å². The van der Waals surface area contributed by atoms with E-state index in [1.165, 1.54) is 13.2 Å². The number of nitrogens with zero attached hydrogens (tertiary/aromatic N) is 2. The van der Waals surface area contributed by atoms with E-state index in [1.807, 2.05) is 11.9 Å². The second-order valence-electron chi connectivity index (χ2n) is 4.84. The first-order valence-electron chi connectivity index (χ1n) is 6.63. The van der Waals surface area contributed by atoms with E-state index in [1.54, 1.807) is 6.07 Å². The number of methoxy groups -OCH3 is 1. The lowest BCUT2D eigenvalue weighted by Gasteiger charge is -2.28. The van der Waals surface area contributed by atoms with Crippen molar-refractivity contribution in [3.8, 4) is 6.07 Å². The molecule has 0 saturated heterocycles. The van der Waals surface area contributed by atoms with E-state index in [2.05, 4.69) is 6.07 Å². The van der Waals surface area contributed by atoms with Crippen molar-refractivity contribution in [1.82, 2.24) is 4.90 Å². The van der Waals surface area contributed by atoms with Crippen molar-refractivity contribution < 1.29 is 17.9 Å². The number of halogens is 3. The third kappa shape index (κ3) is 5.37. The van der Waals surface area contributed by atoms with Gasteiger partial charge in [-0.1, -0.05) is 12.1 Å². The van der Waals surface area contributed by atoms with Crippen molar-refractivity contribution in [1.29, 1.82) is 5.26 Å². The minimum absolute atomic E-state index is 0.268. The highest BCUT2D eigenvalue weighted by Gasteiger charge is 2.31. The third-order valence-corrected chi connectivity index (χ3v) is 3.25. The van der Waals surface area contributed by atoms with Crippen LogP contribution in [0.15, 0.2) is 24.3 Å². The fraction of sp³-hybridized carbons (Fsp3) is 0.533. The highest BCUT2D eigenvalue weighted by atomic mass is 19.4. The molecule has 0 spiro atoms. The molecule has 1 aromatic carbocycles. The molecule has 0 bridgehead atoms. The Balaban J connectivity index is 2.92.